The summed E-state index contributed by atoms with van der Waals surface area (Å²) in [6, 6.07) is 5.92. The van der Waals surface area contributed by atoms with Crippen LogP contribution in [0.5, 0.6) is 0 Å². The molecule has 0 aliphatic heterocycles. The average Bonchev–Trinajstić information content (AvgIpc) is 2.56. The highest BCUT2D eigenvalue weighted by Crippen LogP contribution is 2.22. The van der Waals surface area contributed by atoms with Gasteiger partial charge in [0, 0.05) is 10.6 Å². The van der Waals surface area contributed by atoms with Gasteiger partial charge in [-0.05, 0) is 25.1 Å². The molecule has 84 valence electrons. The number of nitrogens with zero attached hydrogens (tertiary/aromatic N) is 1. The molecule has 2 N–H and O–H groups in total. The van der Waals surface area contributed by atoms with Crippen LogP contribution in [0.1, 0.15) is 12.2 Å². The number of nitrogens with one attached hydrogen (secondary N) is 1. The fourth-order valence-electron chi connectivity index (χ4n) is 1.46. The third-order valence-corrected chi connectivity index (χ3v) is 3.15. The Balaban J connectivity index is 2.10. The number of hydrogen-bond acceptors (Lipinski definition) is 3. The summed E-state index contributed by atoms with van der Waals surface area (Å²) >= 11 is 1.54. The monoisotopic (exact) mass is 236 g/mol. The van der Waals surface area contributed by atoms with E-state index in [-0.39, 0.29) is 6.42 Å². The van der Waals surface area contributed by atoms with Crippen molar-refractivity contribution in [3.05, 3.63) is 24.0 Å². The Morgan fingerprint density at radius 2 is 2.38 bits per heavy atom. The summed E-state index contributed by atoms with van der Waals surface area (Å²) in [5, 5.41) is 8.54. The minimum atomic E-state index is -0.758. The molecule has 0 saturated carbocycles. The summed E-state index contributed by atoms with van der Waals surface area (Å²) < 4.78 is 0. The van der Waals surface area contributed by atoms with Crippen LogP contribution in [-0.4, -0.2) is 26.8 Å². The number of benzene rings is 1. The van der Waals surface area contributed by atoms with Gasteiger partial charge in [0.1, 0.15) is 5.82 Å². The molecular formula is C11H12N2O2S. The van der Waals surface area contributed by atoms with Crippen molar-refractivity contribution in [1.82, 2.24) is 9.97 Å². The molecule has 0 amide bonds. The third kappa shape index (κ3) is 2.55. The second-order valence-electron chi connectivity index (χ2n) is 3.49. The normalized spacial score (nSPS) is 10.8. The number of imidazole rings is 1. The second kappa shape index (κ2) is 4.57. The Morgan fingerprint density at radius 1 is 1.56 bits per heavy atom. The lowest BCUT2D eigenvalue weighted by atomic mass is 10.3. The molecule has 0 saturated heterocycles. The number of fused-ring (bicyclic) bond motifs is 1. The summed E-state index contributed by atoms with van der Waals surface area (Å²) in [5.74, 6) is 0.724. The van der Waals surface area contributed by atoms with Gasteiger partial charge < -0.3 is 10.1 Å². The van der Waals surface area contributed by atoms with Gasteiger partial charge >= 0.3 is 5.97 Å². The second-order valence-corrected chi connectivity index (χ2v) is 4.66. The van der Waals surface area contributed by atoms with Crippen molar-refractivity contribution in [3.8, 4) is 0 Å². The first kappa shape index (κ1) is 11.0. The number of aromatic nitrogens is 2. The smallest absolute Gasteiger partial charge is 0.304 e. The van der Waals surface area contributed by atoms with Gasteiger partial charge in [0.25, 0.3) is 0 Å². The van der Waals surface area contributed by atoms with Crippen LogP contribution in [0.25, 0.3) is 11.0 Å². The van der Waals surface area contributed by atoms with E-state index in [0.29, 0.717) is 5.75 Å². The molecule has 0 radical (unpaired) electrons. The molecule has 0 atom stereocenters. The Bertz CT molecular complexity index is 522. The molecule has 0 aliphatic rings. The average molecular weight is 236 g/mol. The highest BCUT2D eigenvalue weighted by molar-refractivity contribution is 7.99. The summed E-state index contributed by atoms with van der Waals surface area (Å²) in [7, 11) is 0. The van der Waals surface area contributed by atoms with Gasteiger partial charge in [-0.15, -0.1) is 11.8 Å². The number of carbonyl (C=O) groups is 1. The third-order valence-electron chi connectivity index (χ3n) is 2.16. The van der Waals surface area contributed by atoms with Crippen molar-refractivity contribution < 1.29 is 9.90 Å². The lowest BCUT2D eigenvalue weighted by Gasteiger charge is -1.99. The molecule has 1 heterocycles. The molecule has 1 aromatic carbocycles. The predicted octanol–water partition coefficient (Wildman–Crippen LogP) is 2.44. The molecule has 0 unspecified atom stereocenters. The summed E-state index contributed by atoms with van der Waals surface area (Å²) in [5.41, 5.74) is 1.94. The number of rotatable bonds is 4. The van der Waals surface area contributed by atoms with Crippen molar-refractivity contribution in [2.45, 2.75) is 18.2 Å². The van der Waals surface area contributed by atoms with Crippen LogP contribution in [0.15, 0.2) is 23.1 Å². The molecular weight excluding hydrogens is 224 g/mol. The number of aryl methyl sites for hydroxylation is 1. The standard InChI is InChI=1S/C11H12N2O2S/c1-7-12-9-3-2-8(6-10(9)13-7)16-5-4-11(14)15/h2-3,6H,4-5H2,1H3,(H,12,13)(H,14,15). The Labute approximate surface area is 97.1 Å². The van der Waals surface area contributed by atoms with Crippen molar-refractivity contribution >= 4 is 28.8 Å². The molecule has 0 aliphatic carbocycles. The molecule has 2 aromatic rings. The number of hydrogen-bond donors (Lipinski definition) is 2. The first-order valence-corrected chi connectivity index (χ1v) is 5.94. The van der Waals surface area contributed by atoms with E-state index >= 15 is 0 Å². The van der Waals surface area contributed by atoms with Gasteiger partial charge in [-0.1, -0.05) is 0 Å². The molecule has 0 spiro atoms. The maximum atomic E-state index is 10.4. The number of carboxylic acid groups (broad SMARTS) is 1. The van der Waals surface area contributed by atoms with Crippen molar-refractivity contribution in [2.24, 2.45) is 0 Å². The summed E-state index contributed by atoms with van der Waals surface area (Å²) in [4.78, 5) is 18.9. The predicted molar refractivity (Wildman–Crippen MR) is 63.8 cm³/mol. The lowest BCUT2D eigenvalue weighted by molar-refractivity contribution is -0.136. The SMILES string of the molecule is Cc1nc2ccc(SCCC(=O)O)cc2[nH]1. The van der Waals surface area contributed by atoms with Crippen LogP contribution in [0.3, 0.4) is 0 Å². The number of H-pyrrole nitrogens is 1. The Morgan fingerprint density at radius 3 is 3.12 bits per heavy atom. The van der Waals surface area contributed by atoms with E-state index in [1.165, 1.54) is 0 Å². The maximum absolute atomic E-state index is 10.4. The number of thioether (sulfide) groups is 1. The lowest BCUT2D eigenvalue weighted by Crippen LogP contribution is -1.95. The minimum Gasteiger partial charge on any atom is -0.481 e. The highest BCUT2D eigenvalue weighted by Gasteiger charge is 2.02. The van der Waals surface area contributed by atoms with Crippen molar-refractivity contribution in [1.29, 1.82) is 0 Å². The van der Waals surface area contributed by atoms with Crippen LogP contribution >= 0.6 is 11.8 Å². The van der Waals surface area contributed by atoms with E-state index in [1.54, 1.807) is 11.8 Å². The van der Waals surface area contributed by atoms with E-state index in [9.17, 15) is 4.79 Å². The van der Waals surface area contributed by atoms with Crippen LogP contribution in [-0.2, 0) is 4.79 Å². The molecule has 5 heteroatoms. The van der Waals surface area contributed by atoms with Gasteiger partial charge in [0.2, 0.25) is 0 Å². The quantitative estimate of drug-likeness (QED) is 0.800. The van der Waals surface area contributed by atoms with E-state index < -0.39 is 5.97 Å². The molecule has 4 nitrogen and oxygen atoms in total. The number of aliphatic carboxylic acids is 1. The maximum Gasteiger partial charge on any atom is 0.304 e. The molecule has 0 bridgehead atoms. The fraction of sp³-hybridized carbons (Fsp3) is 0.273. The fourth-order valence-corrected chi connectivity index (χ4v) is 2.34. The summed E-state index contributed by atoms with van der Waals surface area (Å²) in [6.07, 6.45) is 0.185. The van der Waals surface area contributed by atoms with Gasteiger partial charge in [0.05, 0.1) is 17.5 Å². The van der Waals surface area contributed by atoms with E-state index in [2.05, 4.69) is 9.97 Å². The first-order chi connectivity index (χ1) is 7.65. The zero-order valence-electron chi connectivity index (χ0n) is 8.86. The molecule has 0 fully saturated rings. The highest BCUT2D eigenvalue weighted by atomic mass is 32.2. The van der Waals surface area contributed by atoms with Crippen LogP contribution in [0, 0.1) is 6.92 Å². The van der Waals surface area contributed by atoms with Gasteiger partial charge in [-0.2, -0.15) is 0 Å². The number of carboxylic acids is 1. The van der Waals surface area contributed by atoms with Crippen molar-refractivity contribution in [3.63, 3.8) is 0 Å². The van der Waals surface area contributed by atoms with E-state index in [1.807, 2.05) is 25.1 Å². The van der Waals surface area contributed by atoms with E-state index in [4.69, 9.17) is 5.11 Å². The van der Waals surface area contributed by atoms with Gasteiger partial charge in [0.15, 0.2) is 0 Å². The van der Waals surface area contributed by atoms with Crippen LogP contribution < -0.4 is 0 Å². The number of aromatic amines is 1. The van der Waals surface area contributed by atoms with Crippen LogP contribution in [0.2, 0.25) is 0 Å². The van der Waals surface area contributed by atoms with Crippen LogP contribution in [0.4, 0.5) is 0 Å². The molecule has 16 heavy (non-hydrogen) atoms. The minimum absolute atomic E-state index is 0.185. The van der Waals surface area contributed by atoms with Gasteiger partial charge in [-0.25, -0.2) is 4.98 Å². The van der Waals surface area contributed by atoms with Gasteiger partial charge in [-0.3, -0.25) is 4.79 Å². The topological polar surface area (TPSA) is 66.0 Å². The molecule has 2 rings (SSSR count). The zero-order valence-corrected chi connectivity index (χ0v) is 9.67. The summed E-state index contributed by atoms with van der Waals surface area (Å²) in [6.45, 7) is 1.91. The molecule has 1 aromatic heterocycles. The van der Waals surface area contributed by atoms with Crippen molar-refractivity contribution in [2.75, 3.05) is 5.75 Å². The Kier molecular flexibility index (Phi) is 3.14. The Hall–Kier alpha value is -1.49. The van der Waals surface area contributed by atoms with E-state index in [0.717, 1.165) is 21.8 Å². The largest absolute Gasteiger partial charge is 0.481 e. The first-order valence-electron chi connectivity index (χ1n) is 4.96. The zero-order chi connectivity index (χ0) is 11.5.